The van der Waals surface area contributed by atoms with Gasteiger partial charge in [-0.05, 0) is 26.0 Å². The Morgan fingerprint density at radius 2 is 1.68 bits per heavy atom. The number of nitrogens with zero attached hydrogens (tertiary/aromatic N) is 1. The molecule has 0 aliphatic carbocycles. The molecule has 0 saturated carbocycles. The molecular weight excluding hydrogens is 340 g/mol. The third-order valence-electron chi connectivity index (χ3n) is 3.07. The fourth-order valence-corrected chi connectivity index (χ4v) is 2.05. The zero-order valence-corrected chi connectivity index (χ0v) is 13.8. The zero-order valence-electron chi connectivity index (χ0n) is 13.8. The molecule has 0 spiro atoms. The van der Waals surface area contributed by atoms with Gasteiger partial charge in [-0.15, -0.1) is 0 Å². The van der Waals surface area contributed by atoms with Crippen molar-refractivity contribution in [3.63, 3.8) is 0 Å². The van der Waals surface area contributed by atoms with E-state index in [0.717, 1.165) is 0 Å². The van der Waals surface area contributed by atoms with Crippen LogP contribution in [0, 0.1) is 5.92 Å². The summed E-state index contributed by atoms with van der Waals surface area (Å²) in [4.78, 5) is 24.0. The van der Waals surface area contributed by atoms with Crippen molar-refractivity contribution in [2.75, 3.05) is 13.2 Å². The second-order valence-corrected chi connectivity index (χ2v) is 4.68. The number of hydrogen-bond donors (Lipinski definition) is 1. The molecule has 0 radical (unpaired) electrons. The first-order valence-electron chi connectivity index (χ1n) is 7.52. The molecule has 0 saturated heterocycles. The van der Waals surface area contributed by atoms with E-state index in [9.17, 15) is 23.6 Å². The van der Waals surface area contributed by atoms with Gasteiger partial charge in [0.2, 0.25) is 0 Å². The molecule has 0 fully saturated rings. The van der Waals surface area contributed by atoms with Gasteiger partial charge in [-0.1, -0.05) is 17.3 Å². The van der Waals surface area contributed by atoms with E-state index in [1.807, 2.05) is 0 Å². The summed E-state index contributed by atoms with van der Waals surface area (Å²) >= 11 is 0. The Balaban J connectivity index is 3.13. The molecule has 0 aliphatic rings. The monoisotopic (exact) mass is 359 g/mol. The summed E-state index contributed by atoms with van der Waals surface area (Å²) < 4.78 is 39.0. The number of hydrogen-bond acceptors (Lipinski definition) is 7. The first kappa shape index (κ1) is 20.3. The lowest BCUT2D eigenvalue weighted by Gasteiger charge is -2.16. The van der Waals surface area contributed by atoms with Crippen LogP contribution in [0.4, 0.5) is 8.78 Å². The van der Waals surface area contributed by atoms with Crippen LogP contribution < -0.4 is 4.74 Å². The van der Waals surface area contributed by atoms with Crippen LogP contribution >= 0.6 is 0 Å². The summed E-state index contributed by atoms with van der Waals surface area (Å²) in [6.07, 6.45) is -0.405. The Morgan fingerprint density at radius 1 is 1.12 bits per heavy atom. The Labute approximate surface area is 143 Å². The van der Waals surface area contributed by atoms with E-state index in [-0.39, 0.29) is 30.2 Å². The molecule has 9 heteroatoms. The van der Waals surface area contributed by atoms with Gasteiger partial charge >= 0.3 is 18.6 Å². The van der Waals surface area contributed by atoms with Gasteiger partial charge in [0.25, 0.3) is 0 Å². The van der Waals surface area contributed by atoms with Gasteiger partial charge in [-0.3, -0.25) is 9.59 Å². The number of alkyl halides is 2. The number of oxime groups is 1. The van der Waals surface area contributed by atoms with E-state index < -0.39 is 30.9 Å². The Bertz CT molecular complexity index is 602. The number of rotatable bonds is 9. The standard InChI is InChI=1S/C16H19F2NO6/c1-3-23-14(20)11(15(21)24-4-2)9-12(19-22)10-7-5-6-8-13(10)25-16(17)18/h5-8,11,16,22H,3-4,9H2,1-2H3/b19-12+. The Hall–Kier alpha value is -2.71. The zero-order chi connectivity index (χ0) is 18.8. The van der Waals surface area contributed by atoms with Gasteiger partial charge in [0.15, 0.2) is 5.92 Å². The van der Waals surface area contributed by atoms with Gasteiger partial charge in [0.05, 0.1) is 18.9 Å². The number of benzene rings is 1. The van der Waals surface area contributed by atoms with Crippen molar-refractivity contribution in [3.05, 3.63) is 29.8 Å². The third kappa shape index (κ3) is 6.02. The highest BCUT2D eigenvalue weighted by molar-refractivity contribution is 6.08. The van der Waals surface area contributed by atoms with Crippen LogP contribution in [0.15, 0.2) is 29.4 Å². The lowest BCUT2D eigenvalue weighted by molar-refractivity contribution is -0.161. The smallest absolute Gasteiger partial charge is 0.387 e. The van der Waals surface area contributed by atoms with E-state index in [4.69, 9.17) is 9.47 Å². The minimum atomic E-state index is -3.09. The molecule has 0 bridgehead atoms. The highest BCUT2D eigenvalue weighted by atomic mass is 19.3. The van der Waals surface area contributed by atoms with Crippen molar-refractivity contribution in [3.8, 4) is 5.75 Å². The Kier molecular flexibility index (Phi) is 8.31. The number of carbonyl (C=O) groups excluding carboxylic acids is 2. The number of esters is 2. The van der Waals surface area contributed by atoms with Crippen LogP contribution in [0.3, 0.4) is 0 Å². The predicted octanol–water partition coefficient (Wildman–Crippen LogP) is 2.60. The van der Waals surface area contributed by atoms with E-state index >= 15 is 0 Å². The summed E-state index contributed by atoms with van der Waals surface area (Å²) in [6, 6.07) is 5.56. The van der Waals surface area contributed by atoms with Crippen LogP contribution in [0.1, 0.15) is 25.8 Å². The lowest BCUT2D eigenvalue weighted by atomic mass is 9.97. The second kappa shape index (κ2) is 10.2. The lowest BCUT2D eigenvalue weighted by Crippen LogP contribution is -2.30. The molecule has 0 heterocycles. The predicted molar refractivity (Wildman–Crippen MR) is 82.8 cm³/mol. The van der Waals surface area contributed by atoms with Gasteiger partial charge in [0, 0.05) is 12.0 Å². The average Bonchev–Trinajstić information content (AvgIpc) is 2.56. The summed E-state index contributed by atoms with van der Waals surface area (Å²) in [6.45, 7) is 0.100. The number of halogens is 2. The third-order valence-corrected chi connectivity index (χ3v) is 3.07. The van der Waals surface area contributed by atoms with Crippen LogP contribution in [-0.2, 0) is 19.1 Å². The van der Waals surface area contributed by atoms with Gasteiger partial charge < -0.3 is 19.4 Å². The molecule has 1 aromatic carbocycles. The molecule has 7 nitrogen and oxygen atoms in total. The van der Waals surface area contributed by atoms with Crippen LogP contribution in [0.25, 0.3) is 0 Å². The fraction of sp³-hybridized carbons (Fsp3) is 0.438. The van der Waals surface area contributed by atoms with Crippen molar-refractivity contribution in [1.29, 1.82) is 0 Å². The van der Waals surface area contributed by atoms with E-state index in [1.54, 1.807) is 13.8 Å². The van der Waals surface area contributed by atoms with E-state index in [1.165, 1.54) is 24.3 Å². The van der Waals surface area contributed by atoms with Crippen molar-refractivity contribution < 1.29 is 37.8 Å². The van der Waals surface area contributed by atoms with Crippen molar-refractivity contribution in [2.45, 2.75) is 26.9 Å². The number of para-hydroxylation sites is 1. The summed E-state index contributed by atoms with van der Waals surface area (Å²) in [7, 11) is 0. The quantitative estimate of drug-likeness (QED) is 0.239. The minimum Gasteiger partial charge on any atom is -0.465 e. The SMILES string of the molecule is CCOC(=O)C(C/C(=N\O)c1ccccc1OC(F)F)C(=O)OCC. The molecule has 0 unspecified atom stereocenters. The molecular formula is C16H19F2NO6. The summed E-state index contributed by atoms with van der Waals surface area (Å²) in [5.74, 6) is -3.38. The van der Waals surface area contributed by atoms with E-state index in [0.29, 0.717) is 0 Å². The molecule has 1 N–H and O–H groups in total. The van der Waals surface area contributed by atoms with Crippen LogP contribution in [-0.4, -0.2) is 42.7 Å². The molecule has 0 aliphatic heterocycles. The Morgan fingerprint density at radius 3 is 2.16 bits per heavy atom. The fourth-order valence-electron chi connectivity index (χ4n) is 2.05. The number of ether oxygens (including phenoxy) is 3. The first-order chi connectivity index (χ1) is 11.9. The molecule has 0 aromatic heterocycles. The van der Waals surface area contributed by atoms with Crippen LogP contribution in [0.2, 0.25) is 0 Å². The van der Waals surface area contributed by atoms with Gasteiger partial charge in [0.1, 0.15) is 5.75 Å². The molecule has 25 heavy (non-hydrogen) atoms. The van der Waals surface area contributed by atoms with Crippen LogP contribution in [0.5, 0.6) is 5.75 Å². The van der Waals surface area contributed by atoms with Gasteiger partial charge in [-0.25, -0.2) is 0 Å². The van der Waals surface area contributed by atoms with Crippen molar-refractivity contribution in [1.82, 2.24) is 0 Å². The topological polar surface area (TPSA) is 94.4 Å². The molecule has 138 valence electrons. The maximum absolute atomic E-state index is 12.5. The molecule has 0 amide bonds. The highest BCUT2D eigenvalue weighted by Crippen LogP contribution is 2.24. The molecule has 0 atom stereocenters. The highest BCUT2D eigenvalue weighted by Gasteiger charge is 2.32. The van der Waals surface area contributed by atoms with Crippen molar-refractivity contribution >= 4 is 17.7 Å². The van der Waals surface area contributed by atoms with Gasteiger partial charge in [-0.2, -0.15) is 8.78 Å². The second-order valence-electron chi connectivity index (χ2n) is 4.68. The minimum absolute atomic E-state index is 0.0175. The molecule has 1 rings (SSSR count). The normalized spacial score (nSPS) is 11.5. The first-order valence-corrected chi connectivity index (χ1v) is 7.52. The molecule has 1 aromatic rings. The van der Waals surface area contributed by atoms with Crippen molar-refractivity contribution in [2.24, 2.45) is 11.1 Å². The average molecular weight is 359 g/mol. The maximum atomic E-state index is 12.5. The largest absolute Gasteiger partial charge is 0.465 e. The maximum Gasteiger partial charge on any atom is 0.387 e. The number of carbonyl (C=O) groups is 2. The summed E-state index contributed by atoms with van der Waals surface area (Å²) in [5, 5.41) is 12.3. The van der Waals surface area contributed by atoms with E-state index in [2.05, 4.69) is 9.89 Å². The summed E-state index contributed by atoms with van der Waals surface area (Å²) in [5.41, 5.74) is -0.175.